The van der Waals surface area contributed by atoms with Crippen molar-refractivity contribution in [3.63, 3.8) is 0 Å². The van der Waals surface area contributed by atoms with Crippen LogP contribution in [-0.4, -0.2) is 35.2 Å². The quantitative estimate of drug-likeness (QED) is 0.719. The predicted octanol–water partition coefficient (Wildman–Crippen LogP) is 4.03. The van der Waals surface area contributed by atoms with Gasteiger partial charge in [0.15, 0.2) is 0 Å². The van der Waals surface area contributed by atoms with Crippen LogP contribution in [0.5, 0.6) is 0 Å². The van der Waals surface area contributed by atoms with Gasteiger partial charge >= 0.3 is 10.3 Å². The summed E-state index contributed by atoms with van der Waals surface area (Å²) < 4.78 is 29.7. The van der Waals surface area contributed by atoms with Crippen LogP contribution in [0.4, 0.5) is 0 Å². The van der Waals surface area contributed by atoms with E-state index >= 15 is 0 Å². The Bertz CT molecular complexity index is 654. The molecule has 2 fully saturated rings. The molecular weight excluding hydrogens is 381 g/mol. The van der Waals surface area contributed by atoms with Gasteiger partial charge in [-0.3, -0.25) is 4.18 Å². The first kappa shape index (κ1) is 17.8. The van der Waals surface area contributed by atoms with E-state index in [2.05, 4.69) is 12.1 Å². The van der Waals surface area contributed by atoms with Crippen molar-refractivity contribution in [1.82, 2.24) is 4.31 Å². The molecule has 2 aliphatic rings. The Morgan fingerprint density at radius 2 is 1.78 bits per heavy atom. The van der Waals surface area contributed by atoms with E-state index in [0.29, 0.717) is 6.54 Å². The molecule has 1 aliphatic heterocycles. The Morgan fingerprint density at radius 1 is 1.17 bits per heavy atom. The minimum Gasteiger partial charge on any atom is -0.253 e. The third-order valence-corrected chi connectivity index (χ3v) is 6.60. The van der Waals surface area contributed by atoms with Crippen LogP contribution in [0.2, 0.25) is 0 Å². The van der Waals surface area contributed by atoms with E-state index in [4.69, 9.17) is 39.0 Å². The van der Waals surface area contributed by atoms with Gasteiger partial charge in [0, 0.05) is 18.0 Å². The van der Waals surface area contributed by atoms with E-state index in [1.54, 1.807) is 0 Å². The minimum absolute atomic E-state index is 0.192. The molecule has 1 heterocycles. The zero-order valence-corrected chi connectivity index (χ0v) is 15.5. The van der Waals surface area contributed by atoms with Gasteiger partial charge in [-0.05, 0) is 18.4 Å². The van der Waals surface area contributed by atoms with E-state index in [9.17, 15) is 8.42 Å². The number of rotatable bonds is 4. The summed E-state index contributed by atoms with van der Waals surface area (Å²) in [7, 11) is -3.91. The van der Waals surface area contributed by atoms with E-state index in [1.807, 2.05) is 18.2 Å². The van der Waals surface area contributed by atoms with Crippen LogP contribution in [0, 0.1) is 0 Å². The molecule has 1 spiro atoms. The summed E-state index contributed by atoms with van der Waals surface area (Å²) in [6.45, 7) is -0.0746. The normalized spacial score (nSPS) is 24.7. The summed E-state index contributed by atoms with van der Waals surface area (Å²) >= 11 is 16.8. The van der Waals surface area contributed by atoms with Crippen LogP contribution in [0.3, 0.4) is 0 Å². The Kier molecular flexibility index (Phi) is 4.91. The Balaban J connectivity index is 1.82. The van der Waals surface area contributed by atoms with Gasteiger partial charge < -0.3 is 0 Å². The summed E-state index contributed by atoms with van der Waals surface area (Å²) in [5.41, 5.74) is 0.774. The lowest BCUT2D eigenvalue weighted by Gasteiger charge is -2.55. The van der Waals surface area contributed by atoms with Crippen LogP contribution < -0.4 is 0 Å². The number of benzene rings is 1. The van der Waals surface area contributed by atoms with Crippen molar-refractivity contribution in [2.45, 2.75) is 40.9 Å². The Labute approximate surface area is 151 Å². The monoisotopic (exact) mass is 397 g/mol. The highest BCUT2D eigenvalue weighted by Crippen LogP contribution is 2.54. The average molecular weight is 399 g/mol. The smallest absolute Gasteiger partial charge is 0.253 e. The second-order valence-corrected chi connectivity index (χ2v) is 10.2. The van der Waals surface area contributed by atoms with Gasteiger partial charge in [0.1, 0.15) is 6.61 Å². The molecule has 1 unspecified atom stereocenters. The van der Waals surface area contributed by atoms with Gasteiger partial charge in [-0.25, -0.2) is 0 Å². The second-order valence-electron chi connectivity index (χ2n) is 6.14. The molecule has 3 rings (SSSR count). The van der Waals surface area contributed by atoms with Crippen molar-refractivity contribution in [2.75, 3.05) is 13.2 Å². The Morgan fingerprint density at radius 3 is 2.35 bits per heavy atom. The molecule has 8 heteroatoms. The molecular formula is C15H18Cl3NO3S. The summed E-state index contributed by atoms with van der Waals surface area (Å²) in [5.74, 6) is 0.192. The van der Waals surface area contributed by atoms with Crippen molar-refractivity contribution in [2.24, 2.45) is 0 Å². The first-order chi connectivity index (χ1) is 10.7. The van der Waals surface area contributed by atoms with E-state index in [-0.39, 0.29) is 5.92 Å². The average Bonchev–Trinajstić information content (AvgIpc) is 2.97. The van der Waals surface area contributed by atoms with E-state index in [0.717, 1.165) is 25.7 Å². The third kappa shape index (κ3) is 3.51. The maximum atomic E-state index is 12.5. The van der Waals surface area contributed by atoms with Gasteiger partial charge in [-0.1, -0.05) is 78.0 Å². The first-order valence-electron chi connectivity index (χ1n) is 7.53. The highest BCUT2D eigenvalue weighted by Gasteiger charge is 2.60. The fourth-order valence-electron chi connectivity index (χ4n) is 3.78. The largest absolute Gasteiger partial charge is 0.339 e. The van der Waals surface area contributed by atoms with Crippen LogP contribution in [-0.2, 0) is 14.5 Å². The summed E-state index contributed by atoms with van der Waals surface area (Å²) in [6.07, 6.45) is 3.70. The van der Waals surface area contributed by atoms with Crippen LogP contribution in [0.25, 0.3) is 0 Å². The third-order valence-electron chi connectivity index (χ3n) is 4.81. The molecule has 1 aromatic rings. The van der Waals surface area contributed by atoms with Gasteiger partial charge in [0.05, 0.1) is 0 Å². The van der Waals surface area contributed by atoms with Gasteiger partial charge in [0.2, 0.25) is 3.79 Å². The molecule has 1 aromatic carbocycles. The van der Waals surface area contributed by atoms with Crippen LogP contribution in [0.15, 0.2) is 30.3 Å². The van der Waals surface area contributed by atoms with Crippen LogP contribution >= 0.6 is 34.8 Å². The van der Waals surface area contributed by atoms with E-state index in [1.165, 1.54) is 9.87 Å². The summed E-state index contributed by atoms with van der Waals surface area (Å²) in [5, 5.41) is 0. The standard InChI is InChI=1S/C15H18Cl3NO3S/c16-15(17,18)11-22-23(20,21)19-10-13(12-6-2-1-3-7-12)14(19)8-4-5-9-14/h1-3,6-7,13H,4-5,8-11H2. The van der Waals surface area contributed by atoms with Crippen molar-refractivity contribution in [3.8, 4) is 0 Å². The molecule has 1 saturated heterocycles. The van der Waals surface area contributed by atoms with Crippen molar-refractivity contribution in [3.05, 3.63) is 35.9 Å². The zero-order chi connectivity index (χ0) is 16.7. The molecule has 128 valence electrons. The molecule has 1 atom stereocenters. The molecule has 0 radical (unpaired) electrons. The fraction of sp³-hybridized carbons (Fsp3) is 0.600. The SMILES string of the molecule is O=S(=O)(OCC(Cl)(Cl)Cl)N1CC(c2ccccc2)C12CCCC2. The summed E-state index contributed by atoms with van der Waals surface area (Å²) in [4.78, 5) is 0. The minimum atomic E-state index is -3.91. The lowest BCUT2D eigenvalue weighted by atomic mass is 9.71. The van der Waals surface area contributed by atoms with Crippen molar-refractivity contribution >= 4 is 45.1 Å². The fourth-order valence-corrected chi connectivity index (χ4v) is 5.68. The summed E-state index contributed by atoms with van der Waals surface area (Å²) in [6, 6.07) is 10.0. The first-order valence-corrected chi connectivity index (χ1v) is 10.0. The number of halogens is 3. The number of hydrogen-bond donors (Lipinski definition) is 0. The topological polar surface area (TPSA) is 46.6 Å². The van der Waals surface area contributed by atoms with Crippen molar-refractivity contribution < 1.29 is 12.6 Å². The van der Waals surface area contributed by atoms with Gasteiger partial charge in [-0.2, -0.15) is 12.7 Å². The molecule has 0 bridgehead atoms. The molecule has 0 N–H and O–H groups in total. The maximum Gasteiger partial charge on any atom is 0.339 e. The highest BCUT2D eigenvalue weighted by molar-refractivity contribution is 7.84. The van der Waals surface area contributed by atoms with Gasteiger partial charge in [-0.15, -0.1) is 0 Å². The zero-order valence-electron chi connectivity index (χ0n) is 12.4. The molecule has 0 amide bonds. The predicted molar refractivity (Wildman–Crippen MR) is 92.2 cm³/mol. The Hall–Kier alpha value is -0.0400. The molecule has 1 aliphatic carbocycles. The lowest BCUT2D eigenvalue weighted by molar-refractivity contribution is 0.0289. The number of hydrogen-bond acceptors (Lipinski definition) is 3. The van der Waals surface area contributed by atoms with E-state index < -0.39 is 26.2 Å². The van der Waals surface area contributed by atoms with Crippen LogP contribution in [0.1, 0.15) is 37.2 Å². The van der Waals surface area contributed by atoms with Gasteiger partial charge in [0.25, 0.3) is 0 Å². The van der Waals surface area contributed by atoms with Crippen molar-refractivity contribution in [1.29, 1.82) is 0 Å². The molecule has 0 aromatic heterocycles. The lowest BCUT2D eigenvalue weighted by Crippen LogP contribution is -2.66. The molecule has 23 heavy (non-hydrogen) atoms. The molecule has 4 nitrogen and oxygen atoms in total. The highest BCUT2D eigenvalue weighted by atomic mass is 35.6. The second kappa shape index (κ2) is 6.36. The molecule has 1 saturated carbocycles. The number of alkyl halides is 3. The maximum absolute atomic E-state index is 12.5. The number of nitrogens with zero attached hydrogens (tertiary/aromatic N) is 1.